The number of hydrogen-bond acceptors (Lipinski definition) is 2. The molecule has 1 rings (SSSR count). The molecule has 0 atom stereocenters. The van der Waals surface area contributed by atoms with Crippen molar-refractivity contribution in [2.45, 2.75) is 71.1 Å². The van der Waals surface area contributed by atoms with Crippen LogP contribution in [0.2, 0.25) is 0 Å². The van der Waals surface area contributed by atoms with Crippen LogP contribution >= 0.6 is 0 Å². The van der Waals surface area contributed by atoms with Gasteiger partial charge in [0.15, 0.2) is 0 Å². The first-order valence-corrected chi connectivity index (χ1v) is 9.80. The zero-order valence-corrected chi connectivity index (χ0v) is 18.2. The van der Waals surface area contributed by atoms with E-state index in [1.165, 1.54) is 57.8 Å². The number of benzene rings is 1. The maximum Gasteiger partial charge on any atom is 1.00 e. The third-order valence-electron chi connectivity index (χ3n) is 3.02. The van der Waals surface area contributed by atoms with Crippen molar-refractivity contribution in [2.75, 3.05) is 0 Å². The summed E-state index contributed by atoms with van der Waals surface area (Å²) in [6, 6.07) is 12.0. The van der Waals surface area contributed by atoms with Gasteiger partial charge in [0.1, 0.15) is 0 Å². The van der Waals surface area contributed by atoms with Gasteiger partial charge in [-0.25, -0.2) is 0 Å². The summed E-state index contributed by atoms with van der Waals surface area (Å²) in [5.74, 6) is 0. The van der Waals surface area contributed by atoms with Crippen LogP contribution < -0.4 is 29.6 Å². The first-order chi connectivity index (χ1) is 10.9. The SMILES string of the molecule is O=S(=O)(O)O.[CH2-]CCCCCCCCCCC.[Na+].c1ccccc1. The molecule has 0 bridgehead atoms. The van der Waals surface area contributed by atoms with Gasteiger partial charge in [0.25, 0.3) is 0 Å². The Morgan fingerprint density at radius 3 is 1.21 bits per heavy atom. The molecular formula is C18H33NaO4S. The molecule has 6 heteroatoms. The third-order valence-corrected chi connectivity index (χ3v) is 3.02. The molecule has 0 aromatic heterocycles. The first-order valence-electron chi connectivity index (χ1n) is 8.41. The molecule has 0 fully saturated rings. The second-order valence-corrected chi connectivity index (χ2v) is 6.18. The normalized spacial score (nSPS) is 9.67. The number of unbranched alkanes of at least 4 members (excludes halogenated alkanes) is 9. The topological polar surface area (TPSA) is 74.6 Å². The van der Waals surface area contributed by atoms with Gasteiger partial charge in [-0.15, -0.1) is 0 Å². The van der Waals surface area contributed by atoms with Gasteiger partial charge in [0, 0.05) is 0 Å². The second kappa shape index (κ2) is 23.1. The third kappa shape index (κ3) is 43.1. The second-order valence-electron chi connectivity index (χ2n) is 5.28. The Kier molecular flexibility index (Phi) is 27.8. The van der Waals surface area contributed by atoms with Gasteiger partial charge in [0.05, 0.1) is 0 Å². The maximum atomic E-state index is 8.74. The van der Waals surface area contributed by atoms with Crippen LogP contribution in [0.5, 0.6) is 0 Å². The molecule has 0 aliphatic rings. The average molecular weight is 369 g/mol. The predicted octanol–water partition coefficient (Wildman–Crippen LogP) is 2.78. The molecule has 0 amide bonds. The molecule has 136 valence electrons. The van der Waals surface area contributed by atoms with Gasteiger partial charge in [-0.3, -0.25) is 9.11 Å². The Balaban J connectivity index is -0.000000307. The Morgan fingerprint density at radius 2 is 0.958 bits per heavy atom. The minimum Gasteiger partial charge on any atom is -0.343 e. The molecule has 0 aliphatic carbocycles. The molecule has 0 saturated carbocycles. The minimum atomic E-state index is -4.67. The molecule has 0 heterocycles. The predicted molar refractivity (Wildman–Crippen MR) is 97.8 cm³/mol. The summed E-state index contributed by atoms with van der Waals surface area (Å²) in [6.07, 6.45) is 13.9. The fourth-order valence-electron chi connectivity index (χ4n) is 1.87. The zero-order chi connectivity index (χ0) is 17.8. The fraction of sp³-hybridized carbons (Fsp3) is 0.611. The summed E-state index contributed by atoms with van der Waals surface area (Å²) in [6.45, 7) is 6.12. The first kappa shape index (κ1) is 28.9. The molecule has 0 radical (unpaired) electrons. The van der Waals surface area contributed by atoms with Crippen LogP contribution in [-0.2, 0) is 10.4 Å². The van der Waals surface area contributed by atoms with E-state index in [1.807, 2.05) is 36.4 Å². The molecule has 24 heavy (non-hydrogen) atoms. The Hall–Kier alpha value is 0.0900. The largest absolute Gasteiger partial charge is 1.00 e. The summed E-state index contributed by atoms with van der Waals surface area (Å²) in [5, 5.41) is 0. The van der Waals surface area contributed by atoms with Gasteiger partial charge >= 0.3 is 40.0 Å². The fourth-order valence-corrected chi connectivity index (χ4v) is 1.87. The summed E-state index contributed by atoms with van der Waals surface area (Å²) in [7, 11) is -4.67. The summed E-state index contributed by atoms with van der Waals surface area (Å²) < 4.78 is 31.6. The minimum absolute atomic E-state index is 0. The van der Waals surface area contributed by atoms with Crippen LogP contribution in [0.1, 0.15) is 71.1 Å². The molecule has 0 spiro atoms. The quantitative estimate of drug-likeness (QED) is 0.304. The van der Waals surface area contributed by atoms with E-state index < -0.39 is 10.4 Å². The van der Waals surface area contributed by atoms with Crippen molar-refractivity contribution in [3.63, 3.8) is 0 Å². The average Bonchev–Trinajstić information content (AvgIpc) is 2.51. The van der Waals surface area contributed by atoms with Gasteiger partial charge in [0.2, 0.25) is 0 Å². The van der Waals surface area contributed by atoms with Crippen LogP contribution in [0.15, 0.2) is 36.4 Å². The van der Waals surface area contributed by atoms with Crippen molar-refractivity contribution in [2.24, 2.45) is 0 Å². The standard InChI is InChI=1S/C12H25.C6H6.Na.H2O4S/c1-3-5-7-9-11-12-10-8-6-4-2;1-2-4-6-5-3-1;;1-5(2,3)4/h1,3-12H2,2H3;1-6H;;(H2,1,2,3,4)/q-1;;+1;. The Morgan fingerprint density at radius 1 is 0.708 bits per heavy atom. The van der Waals surface area contributed by atoms with E-state index >= 15 is 0 Å². The van der Waals surface area contributed by atoms with Crippen molar-refractivity contribution in [3.05, 3.63) is 43.3 Å². The smallest absolute Gasteiger partial charge is 0.343 e. The van der Waals surface area contributed by atoms with Crippen LogP contribution in [-0.4, -0.2) is 17.5 Å². The van der Waals surface area contributed by atoms with Crippen LogP contribution in [0.3, 0.4) is 0 Å². The van der Waals surface area contributed by atoms with Gasteiger partial charge in [-0.2, -0.15) is 14.8 Å². The summed E-state index contributed by atoms with van der Waals surface area (Å²) in [5.41, 5.74) is 0. The van der Waals surface area contributed by atoms with E-state index in [0.29, 0.717) is 0 Å². The van der Waals surface area contributed by atoms with Gasteiger partial charge < -0.3 is 6.92 Å². The van der Waals surface area contributed by atoms with Crippen LogP contribution in [0.4, 0.5) is 0 Å². The monoisotopic (exact) mass is 368 g/mol. The molecule has 1 aromatic carbocycles. The Bertz CT molecular complexity index is 366. The van der Waals surface area contributed by atoms with E-state index in [0.717, 1.165) is 6.42 Å². The van der Waals surface area contributed by atoms with E-state index in [9.17, 15) is 0 Å². The van der Waals surface area contributed by atoms with Crippen molar-refractivity contribution in [3.8, 4) is 0 Å². The molecule has 0 unspecified atom stereocenters. The maximum absolute atomic E-state index is 8.74. The summed E-state index contributed by atoms with van der Waals surface area (Å²) in [4.78, 5) is 0. The van der Waals surface area contributed by atoms with Crippen LogP contribution in [0.25, 0.3) is 0 Å². The zero-order valence-electron chi connectivity index (χ0n) is 15.4. The van der Waals surface area contributed by atoms with Crippen molar-refractivity contribution in [1.82, 2.24) is 0 Å². The van der Waals surface area contributed by atoms with Crippen molar-refractivity contribution < 1.29 is 47.1 Å². The molecule has 2 N–H and O–H groups in total. The summed E-state index contributed by atoms with van der Waals surface area (Å²) >= 11 is 0. The number of hydrogen-bond donors (Lipinski definition) is 2. The Labute approximate surface area is 171 Å². The van der Waals surface area contributed by atoms with Crippen molar-refractivity contribution in [1.29, 1.82) is 0 Å². The van der Waals surface area contributed by atoms with Crippen LogP contribution in [0, 0.1) is 6.92 Å². The molecular weight excluding hydrogens is 335 g/mol. The van der Waals surface area contributed by atoms with E-state index in [4.69, 9.17) is 17.5 Å². The number of rotatable bonds is 9. The van der Waals surface area contributed by atoms with E-state index in [2.05, 4.69) is 13.8 Å². The molecule has 4 nitrogen and oxygen atoms in total. The van der Waals surface area contributed by atoms with E-state index in [1.54, 1.807) is 0 Å². The molecule has 0 saturated heterocycles. The van der Waals surface area contributed by atoms with Gasteiger partial charge in [-0.05, 0) is 0 Å². The molecule has 1 aromatic rings. The molecule has 0 aliphatic heterocycles. The van der Waals surface area contributed by atoms with Crippen molar-refractivity contribution >= 4 is 10.4 Å². The van der Waals surface area contributed by atoms with Gasteiger partial charge in [-0.1, -0.05) is 101 Å². The van der Waals surface area contributed by atoms with E-state index in [-0.39, 0.29) is 29.6 Å².